The van der Waals surface area contributed by atoms with E-state index in [1.54, 1.807) is 41.4 Å². The van der Waals surface area contributed by atoms with Crippen molar-refractivity contribution in [2.45, 2.75) is 6.04 Å². The van der Waals surface area contributed by atoms with Gasteiger partial charge in [-0.2, -0.15) is 0 Å². The van der Waals surface area contributed by atoms with Crippen molar-refractivity contribution in [2.75, 3.05) is 26.2 Å². The number of aromatic nitrogens is 1. The fraction of sp³-hybridized carbons (Fsp3) is 0.192. The molecule has 3 aromatic carbocycles. The first-order valence-electron chi connectivity index (χ1n) is 11.2. The van der Waals surface area contributed by atoms with E-state index < -0.39 is 4.92 Å². The largest absolute Gasteiger partial charge is 0.360 e. The summed E-state index contributed by atoms with van der Waals surface area (Å²) in [4.78, 5) is 30.9. The Morgan fingerprint density at radius 1 is 0.886 bits per heavy atom. The fourth-order valence-corrected chi connectivity index (χ4v) is 4.66. The van der Waals surface area contributed by atoms with E-state index in [4.69, 9.17) is 0 Å². The lowest BCUT2D eigenvalue weighted by Gasteiger charge is -2.39. The summed E-state index contributed by atoms with van der Waals surface area (Å²) >= 11 is 0. The third-order valence-electron chi connectivity index (χ3n) is 6.44. The minimum absolute atomic E-state index is 0.0718. The maximum atomic E-state index is 13.6. The number of piperazine rings is 1. The molecule has 1 aliphatic rings. The molecule has 0 aliphatic carbocycles. The zero-order chi connectivity index (χ0) is 24.5. The molecule has 0 bridgehead atoms. The number of non-ortho nitro benzene ring substituents is 1. The van der Waals surface area contributed by atoms with Crippen LogP contribution in [0.1, 0.15) is 27.5 Å². The number of benzene rings is 3. The molecule has 5 rings (SSSR count). The van der Waals surface area contributed by atoms with Gasteiger partial charge in [-0.25, -0.2) is 8.78 Å². The van der Waals surface area contributed by atoms with Gasteiger partial charge in [0.25, 0.3) is 11.6 Å². The molecule has 1 fully saturated rings. The Bertz CT molecular complexity index is 1330. The number of hydrogen-bond donors (Lipinski definition) is 1. The Morgan fingerprint density at radius 3 is 2.00 bits per heavy atom. The quantitative estimate of drug-likeness (QED) is 0.328. The number of aromatic amines is 1. The van der Waals surface area contributed by atoms with Crippen LogP contribution in [0.5, 0.6) is 0 Å². The number of carbonyl (C=O) groups excluding carboxylic acids is 1. The van der Waals surface area contributed by atoms with Crippen molar-refractivity contribution in [3.63, 3.8) is 0 Å². The molecule has 178 valence electrons. The Labute approximate surface area is 199 Å². The van der Waals surface area contributed by atoms with Crippen molar-refractivity contribution >= 4 is 22.5 Å². The highest BCUT2D eigenvalue weighted by molar-refractivity contribution is 6.07. The summed E-state index contributed by atoms with van der Waals surface area (Å²) in [6.45, 7) is 1.99. The highest BCUT2D eigenvalue weighted by Crippen LogP contribution is 2.31. The molecule has 0 unspecified atom stereocenters. The van der Waals surface area contributed by atoms with Gasteiger partial charge in [-0.15, -0.1) is 0 Å². The maximum absolute atomic E-state index is 13.6. The normalized spacial score (nSPS) is 14.5. The third-order valence-corrected chi connectivity index (χ3v) is 6.44. The maximum Gasteiger partial charge on any atom is 0.270 e. The number of nitrogens with zero attached hydrogens (tertiary/aromatic N) is 3. The average molecular weight is 476 g/mol. The molecule has 1 aliphatic heterocycles. The zero-order valence-corrected chi connectivity index (χ0v) is 18.7. The summed E-state index contributed by atoms with van der Waals surface area (Å²) in [5.41, 5.74) is 2.73. The molecule has 1 saturated heterocycles. The topological polar surface area (TPSA) is 82.5 Å². The van der Waals surface area contributed by atoms with Crippen LogP contribution in [0.3, 0.4) is 0 Å². The number of rotatable bonds is 5. The van der Waals surface area contributed by atoms with Gasteiger partial charge in [0.15, 0.2) is 0 Å². The summed E-state index contributed by atoms with van der Waals surface area (Å²) < 4.78 is 27.1. The number of nitro groups is 1. The van der Waals surface area contributed by atoms with Crippen LogP contribution in [0.25, 0.3) is 10.9 Å². The van der Waals surface area contributed by atoms with Crippen LogP contribution in [-0.2, 0) is 0 Å². The number of hydrogen-bond acceptors (Lipinski definition) is 4. The zero-order valence-electron chi connectivity index (χ0n) is 18.7. The van der Waals surface area contributed by atoms with Crippen molar-refractivity contribution < 1.29 is 18.5 Å². The van der Waals surface area contributed by atoms with E-state index >= 15 is 0 Å². The number of carbonyl (C=O) groups is 1. The van der Waals surface area contributed by atoms with Gasteiger partial charge in [0.1, 0.15) is 11.6 Å². The lowest BCUT2D eigenvalue weighted by atomic mass is 9.96. The summed E-state index contributed by atoms with van der Waals surface area (Å²) in [6, 6.07) is 16.7. The minimum Gasteiger partial charge on any atom is -0.360 e. The number of halogens is 2. The van der Waals surface area contributed by atoms with E-state index in [1.165, 1.54) is 36.4 Å². The highest BCUT2D eigenvalue weighted by atomic mass is 19.1. The van der Waals surface area contributed by atoms with Crippen LogP contribution in [0, 0.1) is 21.7 Å². The Kier molecular flexibility index (Phi) is 6.00. The lowest BCUT2D eigenvalue weighted by Crippen LogP contribution is -2.49. The van der Waals surface area contributed by atoms with Crippen LogP contribution in [-0.4, -0.2) is 51.8 Å². The number of nitrogens with one attached hydrogen (secondary N) is 1. The molecule has 1 N–H and O–H groups in total. The molecule has 0 spiro atoms. The van der Waals surface area contributed by atoms with Crippen molar-refractivity contribution in [3.8, 4) is 0 Å². The second kappa shape index (κ2) is 9.27. The molecular formula is C26H22F2N4O3. The fourth-order valence-electron chi connectivity index (χ4n) is 4.66. The van der Waals surface area contributed by atoms with Crippen LogP contribution in [0.4, 0.5) is 14.5 Å². The molecule has 1 amide bonds. The Morgan fingerprint density at radius 2 is 1.46 bits per heavy atom. The van der Waals surface area contributed by atoms with E-state index in [0.29, 0.717) is 42.6 Å². The van der Waals surface area contributed by atoms with Gasteiger partial charge in [0.2, 0.25) is 0 Å². The SMILES string of the molecule is O=C(c1c[nH]c2ccc([N+](=O)[O-])cc12)N1CCN(C(c2ccc(F)cc2)c2ccc(F)cc2)CC1. The van der Waals surface area contributed by atoms with Gasteiger partial charge in [-0.3, -0.25) is 19.8 Å². The predicted octanol–water partition coefficient (Wildman–Crippen LogP) is 4.90. The van der Waals surface area contributed by atoms with Crippen LogP contribution < -0.4 is 0 Å². The van der Waals surface area contributed by atoms with Crippen LogP contribution in [0.15, 0.2) is 72.9 Å². The Balaban J connectivity index is 1.37. The van der Waals surface area contributed by atoms with E-state index in [9.17, 15) is 23.7 Å². The number of H-pyrrole nitrogens is 1. The highest BCUT2D eigenvalue weighted by Gasteiger charge is 2.29. The number of fused-ring (bicyclic) bond motifs is 1. The molecule has 4 aromatic rings. The summed E-state index contributed by atoms with van der Waals surface area (Å²) in [6.07, 6.45) is 1.59. The predicted molar refractivity (Wildman–Crippen MR) is 127 cm³/mol. The number of amides is 1. The molecule has 0 radical (unpaired) electrons. The molecule has 35 heavy (non-hydrogen) atoms. The molecule has 9 heteroatoms. The van der Waals surface area contributed by atoms with Gasteiger partial charge >= 0.3 is 0 Å². The standard InChI is InChI=1S/C26H22F2N4O3/c27-19-5-1-17(2-6-19)25(18-3-7-20(28)8-4-18)30-11-13-31(14-12-30)26(33)23-16-29-24-10-9-21(32(34)35)15-22(23)24/h1-10,15-16,25,29H,11-14H2. The average Bonchev–Trinajstić information content (AvgIpc) is 3.30. The summed E-state index contributed by atoms with van der Waals surface area (Å²) in [5.74, 6) is -0.863. The minimum atomic E-state index is -0.482. The third kappa shape index (κ3) is 4.50. The van der Waals surface area contributed by atoms with Gasteiger partial charge in [-0.1, -0.05) is 24.3 Å². The van der Waals surface area contributed by atoms with E-state index in [2.05, 4.69) is 9.88 Å². The molecule has 1 aromatic heterocycles. The lowest BCUT2D eigenvalue weighted by molar-refractivity contribution is -0.384. The summed E-state index contributed by atoms with van der Waals surface area (Å²) in [5, 5.41) is 11.7. The van der Waals surface area contributed by atoms with Crippen LogP contribution >= 0.6 is 0 Å². The molecule has 2 heterocycles. The molecule has 0 saturated carbocycles. The van der Waals surface area contributed by atoms with Gasteiger partial charge < -0.3 is 9.88 Å². The smallest absolute Gasteiger partial charge is 0.270 e. The van der Waals surface area contributed by atoms with Crippen molar-refractivity contribution in [1.82, 2.24) is 14.8 Å². The monoisotopic (exact) mass is 476 g/mol. The Hall–Kier alpha value is -4.11. The van der Waals surface area contributed by atoms with Gasteiger partial charge in [-0.05, 0) is 41.5 Å². The van der Waals surface area contributed by atoms with Gasteiger partial charge in [0.05, 0.1) is 16.5 Å². The molecular weight excluding hydrogens is 454 g/mol. The molecule has 7 nitrogen and oxygen atoms in total. The number of nitro benzene ring substituents is 1. The first-order valence-corrected chi connectivity index (χ1v) is 11.2. The van der Waals surface area contributed by atoms with E-state index in [1.807, 2.05) is 0 Å². The van der Waals surface area contributed by atoms with E-state index in [0.717, 1.165) is 11.1 Å². The first kappa shape index (κ1) is 22.7. The second-order valence-corrected chi connectivity index (χ2v) is 8.52. The van der Waals surface area contributed by atoms with Crippen molar-refractivity contribution in [3.05, 3.63) is 111 Å². The van der Waals surface area contributed by atoms with Crippen LogP contribution in [0.2, 0.25) is 0 Å². The van der Waals surface area contributed by atoms with E-state index in [-0.39, 0.29) is 29.3 Å². The first-order chi connectivity index (χ1) is 16.9. The van der Waals surface area contributed by atoms with Gasteiger partial charge in [0, 0.05) is 55.4 Å². The second-order valence-electron chi connectivity index (χ2n) is 8.52. The van der Waals surface area contributed by atoms with Crippen molar-refractivity contribution in [1.29, 1.82) is 0 Å². The molecule has 0 atom stereocenters. The van der Waals surface area contributed by atoms with Crippen molar-refractivity contribution in [2.24, 2.45) is 0 Å². The summed E-state index contributed by atoms with van der Waals surface area (Å²) in [7, 11) is 0.